The second-order valence-electron chi connectivity index (χ2n) is 5.48. The van der Waals surface area contributed by atoms with E-state index in [4.69, 9.17) is 8.83 Å². The molecule has 0 saturated heterocycles. The standard InChI is InChI=1S/C19H8Br2N2O3S/c20-12-1-3-16-10(5-12)7-14(19(24)26-16)15-9-27-18(23-15)11(8-22)6-13-2-4-17(21)25-13/h1-7,9H/b11-6+. The second-order valence-corrected chi connectivity index (χ2v) is 8.03. The van der Waals surface area contributed by atoms with Crippen LogP contribution >= 0.6 is 43.2 Å². The van der Waals surface area contributed by atoms with E-state index in [0.717, 1.165) is 9.86 Å². The summed E-state index contributed by atoms with van der Waals surface area (Å²) in [5.74, 6) is 0.533. The minimum Gasteiger partial charge on any atom is -0.450 e. The van der Waals surface area contributed by atoms with Gasteiger partial charge in [0.05, 0.1) is 16.8 Å². The van der Waals surface area contributed by atoms with Crippen LogP contribution in [0.2, 0.25) is 0 Å². The van der Waals surface area contributed by atoms with Gasteiger partial charge in [-0.2, -0.15) is 5.26 Å². The molecule has 0 atom stereocenters. The summed E-state index contributed by atoms with van der Waals surface area (Å²) in [6, 6.07) is 12.7. The number of furan rings is 1. The van der Waals surface area contributed by atoms with Gasteiger partial charge in [0.2, 0.25) is 0 Å². The third-order valence-electron chi connectivity index (χ3n) is 3.71. The number of rotatable bonds is 3. The molecule has 27 heavy (non-hydrogen) atoms. The molecule has 0 spiro atoms. The van der Waals surface area contributed by atoms with Gasteiger partial charge in [-0.1, -0.05) is 15.9 Å². The van der Waals surface area contributed by atoms with Gasteiger partial charge in [-0.05, 0) is 52.3 Å². The molecule has 0 fully saturated rings. The first-order valence-corrected chi connectivity index (χ1v) is 10.1. The zero-order valence-corrected chi connectivity index (χ0v) is 17.4. The molecule has 3 aromatic heterocycles. The van der Waals surface area contributed by atoms with Gasteiger partial charge >= 0.3 is 5.63 Å². The van der Waals surface area contributed by atoms with Crippen molar-refractivity contribution in [3.05, 3.63) is 72.1 Å². The van der Waals surface area contributed by atoms with Crippen LogP contribution in [-0.2, 0) is 0 Å². The van der Waals surface area contributed by atoms with Gasteiger partial charge < -0.3 is 8.83 Å². The van der Waals surface area contributed by atoms with Crippen molar-refractivity contribution in [1.82, 2.24) is 4.98 Å². The lowest BCUT2D eigenvalue weighted by Crippen LogP contribution is -2.02. The maximum Gasteiger partial charge on any atom is 0.345 e. The second kappa shape index (κ2) is 7.27. The van der Waals surface area contributed by atoms with Crippen molar-refractivity contribution in [1.29, 1.82) is 5.26 Å². The van der Waals surface area contributed by atoms with Crippen molar-refractivity contribution in [2.75, 3.05) is 0 Å². The largest absolute Gasteiger partial charge is 0.450 e. The number of benzene rings is 1. The zero-order chi connectivity index (χ0) is 19.0. The van der Waals surface area contributed by atoms with E-state index in [2.05, 4.69) is 42.9 Å². The number of thiazole rings is 1. The van der Waals surface area contributed by atoms with Gasteiger partial charge in [0.15, 0.2) is 4.67 Å². The Balaban J connectivity index is 1.77. The predicted molar refractivity (Wildman–Crippen MR) is 111 cm³/mol. The highest BCUT2D eigenvalue weighted by atomic mass is 79.9. The normalized spacial score (nSPS) is 11.7. The van der Waals surface area contributed by atoms with Crippen LogP contribution in [0, 0.1) is 11.3 Å². The summed E-state index contributed by atoms with van der Waals surface area (Å²) < 4.78 is 12.2. The van der Waals surface area contributed by atoms with Gasteiger partial charge in [0.25, 0.3) is 0 Å². The summed E-state index contributed by atoms with van der Waals surface area (Å²) >= 11 is 7.91. The fraction of sp³-hybridized carbons (Fsp3) is 0. The molecule has 0 radical (unpaired) electrons. The molecule has 0 saturated carbocycles. The molecule has 4 rings (SSSR count). The van der Waals surface area contributed by atoms with Crippen LogP contribution < -0.4 is 5.63 Å². The number of aromatic nitrogens is 1. The number of halogens is 2. The van der Waals surface area contributed by atoms with Crippen LogP contribution in [0.1, 0.15) is 10.8 Å². The Morgan fingerprint density at radius 3 is 2.78 bits per heavy atom. The fourth-order valence-corrected chi connectivity index (χ4v) is 3.97. The maximum atomic E-state index is 12.3. The average molecular weight is 504 g/mol. The van der Waals surface area contributed by atoms with E-state index in [1.54, 1.807) is 35.7 Å². The van der Waals surface area contributed by atoms with Crippen LogP contribution in [0.3, 0.4) is 0 Å². The molecule has 3 heterocycles. The minimum atomic E-state index is -0.473. The minimum absolute atomic E-state index is 0.348. The Morgan fingerprint density at radius 1 is 1.19 bits per heavy atom. The number of nitrogens with zero attached hydrogens (tertiary/aromatic N) is 2. The molecule has 1 aromatic carbocycles. The van der Waals surface area contributed by atoms with E-state index in [1.807, 2.05) is 12.1 Å². The third kappa shape index (κ3) is 3.67. The van der Waals surface area contributed by atoms with Crippen LogP contribution in [-0.4, -0.2) is 4.98 Å². The molecule has 0 N–H and O–H groups in total. The van der Waals surface area contributed by atoms with Crippen molar-refractivity contribution in [3.8, 4) is 17.3 Å². The molecule has 0 amide bonds. The summed E-state index contributed by atoms with van der Waals surface area (Å²) in [4.78, 5) is 16.8. The van der Waals surface area contributed by atoms with Crippen LogP contribution in [0.25, 0.3) is 33.9 Å². The third-order valence-corrected chi connectivity index (χ3v) is 5.50. The summed E-state index contributed by atoms with van der Waals surface area (Å²) in [7, 11) is 0. The molecule has 0 aliphatic rings. The first-order valence-electron chi connectivity index (χ1n) is 7.60. The van der Waals surface area contributed by atoms with Gasteiger partial charge in [-0.25, -0.2) is 9.78 Å². The maximum absolute atomic E-state index is 12.3. The molecule has 132 valence electrons. The van der Waals surface area contributed by atoms with Gasteiger partial charge in [-0.3, -0.25) is 0 Å². The number of hydrogen-bond donors (Lipinski definition) is 0. The van der Waals surface area contributed by atoms with Gasteiger partial charge in [0.1, 0.15) is 22.4 Å². The lowest BCUT2D eigenvalue weighted by molar-refractivity contribution is 0.532. The number of hydrogen-bond acceptors (Lipinski definition) is 6. The Kier molecular flexibility index (Phi) is 4.83. The van der Waals surface area contributed by atoms with E-state index in [1.165, 1.54) is 11.3 Å². The number of fused-ring (bicyclic) bond motifs is 1. The first kappa shape index (κ1) is 17.9. The highest BCUT2D eigenvalue weighted by molar-refractivity contribution is 9.10. The highest BCUT2D eigenvalue weighted by Gasteiger charge is 2.14. The molecule has 5 nitrogen and oxygen atoms in total. The molecule has 0 aliphatic heterocycles. The van der Waals surface area contributed by atoms with Gasteiger partial charge in [-0.15, -0.1) is 11.3 Å². The molecule has 8 heteroatoms. The molecule has 4 aromatic rings. The lowest BCUT2D eigenvalue weighted by atomic mass is 10.1. The van der Waals surface area contributed by atoms with Crippen molar-refractivity contribution < 1.29 is 8.83 Å². The van der Waals surface area contributed by atoms with E-state index in [-0.39, 0.29) is 0 Å². The summed E-state index contributed by atoms with van der Waals surface area (Å²) in [6.45, 7) is 0. The van der Waals surface area contributed by atoms with Crippen molar-refractivity contribution >= 4 is 65.8 Å². The van der Waals surface area contributed by atoms with Crippen molar-refractivity contribution in [2.24, 2.45) is 0 Å². The van der Waals surface area contributed by atoms with Crippen molar-refractivity contribution in [3.63, 3.8) is 0 Å². The van der Waals surface area contributed by atoms with Crippen molar-refractivity contribution in [2.45, 2.75) is 0 Å². The van der Waals surface area contributed by atoms with E-state index in [9.17, 15) is 10.1 Å². The SMILES string of the molecule is N#C/C(=C\c1ccc(Br)o1)c1nc(-c2cc3cc(Br)ccc3oc2=O)cs1. The van der Waals surface area contributed by atoms with E-state index < -0.39 is 5.63 Å². The Hall–Kier alpha value is -2.47. The van der Waals surface area contributed by atoms with Crippen LogP contribution in [0.4, 0.5) is 0 Å². The number of allylic oxidation sites excluding steroid dienone is 1. The van der Waals surface area contributed by atoms with Gasteiger partial charge in [0, 0.05) is 21.3 Å². The Labute approximate surface area is 173 Å². The molecule has 0 unspecified atom stereocenters. The summed E-state index contributed by atoms with van der Waals surface area (Å²) in [6.07, 6.45) is 1.60. The quantitative estimate of drug-likeness (QED) is 0.249. The number of nitriles is 1. The predicted octanol–water partition coefficient (Wildman–Crippen LogP) is 6.10. The van der Waals surface area contributed by atoms with E-state index in [0.29, 0.717) is 37.9 Å². The van der Waals surface area contributed by atoms with Crippen LogP contribution in [0.15, 0.2) is 64.5 Å². The first-order chi connectivity index (χ1) is 13.0. The molecule has 0 aliphatic carbocycles. The zero-order valence-electron chi connectivity index (χ0n) is 13.4. The fourth-order valence-electron chi connectivity index (χ4n) is 2.48. The molecule has 0 bridgehead atoms. The monoisotopic (exact) mass is 502 g/mol. The average Bonchev–Trinajstić information content (AvgIpc) is 3.28. The molecular formula is C19H8Br2N2O3S. The smallest absolute Gasteiger partial charge is 0.345 e. The Morgan fingerprint density at radius 2 is 2.04 bits per heavy atom. The van der Waals surface area contributed by atoms with Crippen LogP contribution in [0.5, 0.6) is 0 Å². The topological polar surface area (TPSA) is 80.0 Å². The highest BCUT2D eigenvalue weighted by Crippen LogP contribution is 2.28. The summed E-state index contributed by atoms with van der Waals surface area (Å²) in [5, 5.41) is 12.5. The lowest BCUT2D eigenvalue weighted by Gasteiger charge is -2.00. The Bertz CT molecular complexity index is 1290. The molecular weight excluding hydrogens is 496 g/mol. The summed E-state index contributed by atoms with van der Waals surface area (Å²) in [5.41, 5.74) is 1.19. The van der Waals surface area contributed by atoms with E-state index >= 15 is 0 Å².